The number of carbonyl (C=O) groups excluding carboxylic acids is 3. The first-order valence-electron chi connectivity index (χ1n) is 9.14. The van der Waals surface area contributed by atoms with E-state index in [1.807, 2.05) is 24.3 Å². The maximum atomic E-state index is 13.1. The first-order chi connectivity index (χ1) is 13.6. The lowest BCUT2D eigenvalue weighted by molar-refractivity contribution is 0.0638. The van der Waals surface area contributed by atoms with Crippen LogP contribution in [0.2, 0.25) is 0 Å². The molecule has 7 heteroatoms. The van der Waals surface area contributed by atoms with Gasteiger partial charge >= 0.3 is 0 Å². The molecule has 144 valence electrons. The van der Waals surface area contributed by atoms with Crippen LogP contribution >= 0.6 is 0 Å². The number of amides is 3. The Morgan fingerprint density at radius 3 is 2.71 bits per heavy atom. The second-order valence-corrected chi connectivity index (χ2v) is 6.64. The number of fused-ring (bicyclic) bond motifs is 2. The molecule has 0 aromatic heterocycles. The van der Waals surface area contributed by atoms with Gasteiger partial charge in [-0.3, -0.25) is 19.3 Å². The fourth-order valence-electron chi connectivity index (χ4n) is 3.53. The molecule has 0 saturated heterocycles. The van der Waals surface area contributed by atoms with Gasteiger partial charge in [0.1, 0.15) is 12.4 Å². The first-order valence-corrected chi connectivity index (χ1v) is 9.14. The van der Waals surface area contributed by atoms with Crippen molar-refractivity contribution in [1.82, 2.24) is 4.90 Å². The summed E-state index contributed by atoms with van der Waals surface area (Å²) in [6, 6.07) is 12.0. The highest BCUT2D eigenvalue weighted by Gasteiger charge is 2.36. The van der Waals surface area contributed by atoms with Gasteiger partial charge in [0.25, 0.3) is 17.7 Å². The fraction of sp³-hybridized carbons (Fsp3) is 0.286. The summed E-state index contributed by atoms with van der Waals surface area (Å²) in [6.45, 7) is 1.58. The molecule has 0 atom stereocenters. The van der Waals surface area contributed by atoms with E-state index < -0.39 is 0 Å². The van der Waals surface area contributed by atoms with E-state index in [2.05, 4.69) is 0 Å². The average molecular weight is 380 g/mol. The summed E-state index contributed by atoms with van der Waals surface area (Å²) in [5, 5.41) is 0. The molecule has 0 bridgehead atoms. The zero-order valence-electron chi connectivity index (χ0n) is 15.5. The van der Waals surface area contributed by atoms with Crippen molar-refractivity contribution < 1.29 is 23.9 Å². The van der Waals surface area contributed by atoms with Crippen LogP contribution in [0.15, 0.2) is 42.5 Å². The maximum absolute atomic E-state index is 13.1. The predicted molar refractivity (Wildman–Crippen MR) is 102 cm³/mol. The van der Waals surface area contributed by atoms with E-state index in [-0.39, 0.29) is 23.3 Å². The van der Waals surface area contributed by atoms with Crippen LogP contribution in [0, 0.1) is 0 Å². The molecule has 2 aliphatic heterocycles. The lowest BCUT2D eigenvalue weighted by Gasteiger charge is -2.29. The summed E-state index contributed by atoms with van der Waals surface area (Å²) in [4.78, 5) is 41.1. The van der Waals surface area contributed by atoms with E-state index >= 15 is 0 Å². The molecule has 0 N–H and O–H groups in total. The van der Waals surface area contributed by atoms with Gasteiger partial charge in [0, 0.05) is 25.8 Å². The summed E-state index contributed by atoms with van der Waals surface area (Å²) in [7, 11) is 1.57. The number of methoxy groups -OCH3 is 1. The van der Waals surface area contributed by atoms with Crippen LogP contribution in [-0.2, 0) is 4.74 Å². The Balaban J connectivity index is 1.60. The van der Waals surface area contributed by atoms with Crippen molar-refractivity contribution in [1.29, 1.82) is 0 Å². The summed E-state index contributed by atoms with van der Waals surface area (Å²) in [5.41, 5.74) is 1.68. The second kappa shape index (κ2) is 7.44. The van der Waals surface area contributed by atoms with Crippen molar-refractivity contribution >= 4 is 23.4 Å². The number of rotatable bonds is 5. The van der Waals surface area contributed by atoms with E-state index in [0.717, 1.165) is 0 Å². The van der Waals surface area contributed by atoms with Crippen LogP contribution in [0.3, 0.4) is 0 Å². The third kappa shape index (κ3) is 3.03. The average Bonchev–Trinajstić information content (AvgIpc) is 2.97. The highest BCUT2D eigenvalue weighted by atomic mass is 16.5. The second-order valence-electron chi connectivity index (χ2n) is 6.64. The molecule has 28 heavy (non-hydrogen) atoms. The van der Waals surface area contributed by atoms with Gasteiger partial charge in [-0.1, -0.05) is 12.1 Å². The lowest BCUT2D eigenvalue weighted by Crippen LogP contribution is -2.38. The number of hydrogen-bond donors (Lipinski definition) is 0. The number of benzene rings is 2. The number of para-hydroxylation sites is 2. The number of carbonyl (C=O) groups is 3. The van der Waals surface area contributed by atoms with E-state index in [0.29, 0.717) is 55.3 Å². The quantitative estimate of drug-likeness (QED) is 0.588. The Kier molecular flexibility index (Phi) is 4.83. The zero-order valence-corrected chi connectivity index (χ0v) is 15.5. The summed E-state index contributed by atoms with van der Waals surface area (Å²) in [5.74, 6) is -0.268. The Labute approximate surface area is 162 Å². The molecule has 0 unspecified atom stereocenters. The Bertz CT molecular complexity index is 956. The number of hydrogen-bond acceptors (Lipinski definition) is 5. The minimum absolute atomic E-state index is 0.225. The molecule has 7 nitrogen and oxygen atoms in total. The Morgan fingerprint density at radius 2 is 1.89 bits per heavy atom. The molecule has 0 aliphatic carbocycles. The van der Waals surface area contributed by atoms with Gasteiger partial charge in [0.15, 0.2) is 0 Å². The van der Waals surface area contributed by atoms with Crippen molar-refractivity contribution in [2.75, 3.05) is 38.3 Å². The fourth-order valence-corrected chi connectivity index (χ4v) is 3.53. The van der Waals surface area contributed by atoms with Crippen LogP contribution in [0.1, 0.15) is 37.5 Å². The van der Waals surface area contributed by atoms with Crippen LogP contribution in [-0.4, -0.2) is 56.0 Å². The van der Waals surface area contributed by atoms with Gasteiger partial charge in [-0.2, -0.15) is 0 Å². The number of ether oxygens (including phenoxy) is 2. The summed E-state index contributed by atoms with van der Waals surface area (Å²) in [6.07, 6.45) is 0.568. The molecule has 0 saturated carbocycles. The third-order valence-corrected chi connectivity index (χ3v) is 4.92. The largest absolute Gasteiger partial charge is 0.490 e. The van der Waals surface area contributed by atoms with Gasteiger partial charge in [0.2, 0.25) is 0 Å². The number of nitrogens with zero attached hydrogens (tertiary/aromatic N) is 2. The number of imide groups is 1. The van der Waals surface area contributed by atoms with Crippen LogP contribution in [0.5, 0.6) is 5.75 Å². The summed E-state index contributed by atoms with van der Waals surface area (Å²) >= 11 is 0. The highest BCUT2D eigenvalue weighted by Crippen LogP contribution is 2.32. The first kappa shape index (κ1) is 18.2. The van der Waals surface area contributed by atoms with Crippen LogP contribution < -0.4 is 9.64 Å². The normalized spacial score (nSPS) is 15.3. The molecular weight excluding hydrogens is 360 g/mol. The van der Waals surface area contributed by atoms with Crippen LogP contribution in [0.4, 0.5) is 5.69 Å². The van der Waals surface area contributed by atoms with E-state index in [9.17, 15) is 14.4 Å². The summed E-state index contributed by atoms with van der Waals surface area (Å²) < 4.78 is 10.6. The molecule has 3 amide bonds. The Hall–Kier alpha value is -3.19. The number of anilines is 1. The third-order valence-electron chi connectivity index (χ3n) is 4.92. The molecule has 2 aromatic rings. The predicted octanol–water partition coefficient (Wildman–Crippen LogP) is 2.36. The SMILES string of the molecule is COCCCN1C(=O)c2ccc(C(=O)N3CCOc4ccccc43)cc2C1=O. The highest BCUT2D eigenvalue weighted by molar-refractivity contribution is 6.22. The molecule has 2 aliphatic rings. The standard InChI is InChI=1S/C21H20N2O5/c1-27-11-4-9-23-20(25)15-8-7-14(13-16(15)21(23)26)19(24)22-10-12-28-18-6-3-2-5-17(18)22/h2-3,5-8,13H,4,9-12H2,1H3. The van der Waals surface area contributed by atoms with Crippen molar-refractivity contribution in [3.63, 3.8) is 0 Å². The van der Waals surface area contributed by atoms with Gasteiger partial charge < -0.3 is 14.4 Å². The lowest BCUT2D eigenvalue weighted by atomic mass is 10.0. The minimum Gasteiger partial charge on any atom is -0.490 e. The topological polar surface area (TPSA) is 76.2 Å². The van der Waals surface area contributed by atoms with Gasteiger partial charge in [-0.15, -0.1) is 0 Å². The smallest absolute Gasteiger partial charge is 0.261 e. The molecular formula is C21H20N2O5. The molecule has 4 rings (SSSR count). The maximum Gasteiger partial charge on any atom is 0.261 e. The van der Waals surface area contributed by atoms with Crippen LogP contribution in [0.25, 0.3) is 0 Å². The van der Waals surface area contributed by atoms with E-state index in [1.165, 1.54) is 11.0 Å². The van der Waals surface area contributed by atoms with Crippen molar-refractivity contribution in [3.8, 4) is 5.75 Å². The molecule has 2 heterocycles. The van der Waals surface area contributed by atoms with E-state index in [4.69, 9.17) is 9.47 Å². The monoisotopic (exact) mass is 380 g/mol. The van der Waals surface area contributed by atoms with E-state index in [1.54, 1.807) is 24.1 Å². The van der Waals surface area contributed by atoms with Gasteiger partial charge in [0.05, 0.1) is 23.4 Å². The zero-order chi connectivity index (χ0) is 19.7. The molecule has 0 radical (unpaired) electrons. The molecule has 2 aromatic carbocycles. The van der Waals surface area contributed by atoms with Gasteiger partial charge in [-0.05, 0) is 36.8 Å². The molecule has 0 fully saturated rings. The van der Waals surface area contributed by atoms with Crippen molar-refractivity contribution in [3.05, 3.63) is 59.2 Å². The van der Waals surface area contributed by atoms with Crippen molar-refractivity contribution in [2.24, 2.45) is 0 Å². The van der Waals surface area contributed by atoms with Crippen molar-refractivity contribution in [2.45, 2.75) is 6.42 Å². The Morgan fingerprint density at radius 1 is 1.11 bits per heavy atom. The minimum atomic E-state index is -0.367. The van der Waals surface area contributed by atoms with Gasteiger partial charge in [-0.25, -0.2) is 0 Å². The molecule has 0 spiro atoms.